The highest BCUT2D eigenvalue weighted by molar-refractivity contribution is 7.98. The van der Waals surface area contributed by atoms with Crippen molar-refractivity contribution in [3.05, 3.63) is 24.3 Å². The smallest absolute Gasteiger partial charge is 0.245 e. The minimum Gasteiger partial charge on any atom is -0.377 e. The summed E-state index contributed by atoms with van der Waals surface area (Å²) in [4.78, 5) is 14.0. The second-order valence-electron chi connectivity index (χ2n) is 6.82. The SMILES string of the molecule is CSc1cccc(NC(=O)C2(N)C3CCCOC3C2(C)C)c1.Cl. The van der Waals surface area contributed by atoms with E-state index in [0.29, 0.717) is 0 Å². The molecule has 1 saturated carbocycles. The maximum absolute atomic E-state index is 12.9. The number of rotatable bonds is 3. The Morgan fingerprint density at radius 3 is 2.87 bits per heavy atom. The van der Waals surface area contributed by atoms with Crippen LogP contribution in [0.25, 0.3) is 0 Å². The van der Waals surface area contributed by atoms with Crippen molar-refractivity contribution in [3.63, 3.8) is 0 Å². The number of carbonyl (C=O) groups excluding carboxylic acids is 1. The van der Waals surface area contributed by atoms with Crippen LogP contribution in [0, 0.1) is 11.3 Å². The molecule has 23 heavy (non-hydrogen) atoms. The predicted molar refractivity (Wildman–Crippen MR) is 97.3 cm³/mol. The molecule has 1 amide bonds. The van der Waals surface area contributed by atoms with Gasteiger partial charge in [-0.1, -0.05) is 19.9 Å². The van der Waals surface area contributed by atoms with Crippen LogP contribution in [0.15, 0.2) is 29.2 Å². The van der Waals surface area contributed by atoms with Gasteiger partial charge in [0.25, 0.3) is 0 Å². The summed E-state index contributed by atoms with van der Waals surface area (Å²) in [5, 5.41) is 3.01. The van der Waals surface area contributed by atoms with Crippen LogP contribution in [-0.2, 0) is 9.53 Å². The monoisotopic (exact) mass is 356 g/mol. The highest BCUT2D eigenvalue weighted by Gasteiger charge is 2.70. The lowest BCUT2D eigenvalue weighted by molar-refractivity contribution is -0.222. The van der Waals surface area contributed by atoms with Crippen molar-refractivity contribution in [3.8, 4) is 0 Å². The minimum absolute atomic E-state index is 0. The lowest BCUT2D eigenvalue weighted by atomic mass is 9.46. The molecule has 0 bridgehead atoms. The quantitative estimate of drug-likeness (QED) is 0.815. The first-order valence-corrected chi connectivity index (χ1v) is 8.99. The molecule has 3 unspecified atom stereocenters. The van der Waals surface area contributed by atoms with Gasteiger partial charge in [-0.15, -0.1) is 24.2 Å². The van der Waals surface area contributed by atoms with Crippen molar-refractivity contribution in [1.29, 1.82) is 0 Å². The van der Waals surface area contributed by atoms with Crippen LogP contribution >= 0.6 is 24.2 Å². The number of anilines is 1. The fourth-order valence-corrected chi connectivity index (χ4v) is 4.43. The molecule has 3 atom stereocenters. The molecule has 2 fully saturated rings. The van der Waals surface area contributed by atoms with Crippen LogP contribution in [0.4, 0.5) is 5.69 Å². The van der Waals surface area contributed by atoms with Crippen LogP contribution < -0.4 is 11.1 Å². The molecule has 1 heterocycles. The summed E-state index contributed by atoms with van der Waals surface area (Å²) in [6, 6.07) is 7.86. The van der Waals surface area contributed by atoms with E-state index < -0.39 is 5.54 Å². The molecule has 2 aliphatic rings. The van der Waals surface area contributed by atoms with E-state index in [1.54, 1.807) is 11.8 Å². The van der Waals surface area contributed by atoms with Gasteiger partial charge in [0.2, 0.25) is 5.91 Å². The van der Waals surface area contributed by atoms with Crippen LogP contribution in [0.1, 0.15) is 26.7 Å². The molecule has 1 aromatic carbocycles. The van der Waals surface area contributed by atoms with Gasteiger partial charge in [-0.2, -0.15) is 0 Å². The molecule has 128 valence electrons. The topological polar surface area (TPSA) is 64.4 Å². The van der Waals surface area contributed by atoms with Gasteiger partial charge in [-0.25, -0.2) is 0 Å². The van der Waals surface area contributed by atoms with Crippen molar-refractivity contribution < 1.29 is 9.53 Å². The molecule has 6 heteroatoms. The molecule has 1 aromatic rings. The molecule has 1 saturated heterocycles. The lowest BCUT2D eigenvalue weighted by Gasteiger charge is -2.65. The fourth-order valence-electron chi connectivity index (χ4n) is 3.97. The lowest BCUT2D eigenvalue weighted by Crippen LogP contribution is -2.81. The van der Waals surface area contributed by atoms with E-state index in [9.17, 15) is 4.79 Å². The average molecular weight is 357 g/mol. The van der Waals surface area contributed by atoms with E-state index in [2.05, 4.69) is 5.32 Å². The van der Waals surface area contributed by atoms with E-state index >= 15 is 0 Å². The second-order valence-corrected chi connectivity index (χ2v) is 7.70. The number of benzene rings is 1. The number of carbonyl (C=O) groups is 1. The van der Waals surface area contributed by atoms with Crippen molar-refractivity contribution in [2.24, 2.45) is 17.1 Å². The zero-order valence-electron chi connectivity index (χ0n) is 13.8. The third-order valence-electron chi connectivity index (χ3n) is 5.39. The standard InChI is InChI=1S/C17H24N2O2S.ClH/c1-16(2)14-13(8-5-9-21-14)17(16,18)15(20)19-11-6-4-7-12(10-11)22-3;/h4,6-7,10,13-14H,5,8-9,18H2,1-3H3,(H,19,20);1H. The third-order valence-corrected chi connectivity index (χ3v) is 6.11. The van der Waals surface area contributed by atoms with Crippen molar-refractivity contribution in [1.82, 2.24) is 0 Å². The molecule has 0 aromatic heterocycles. The molecule has 3 N–H and O–H groups in total. The van der Waals surface area contributed by atoms with Gasteiger partial charge >= 0.3 is 0 Å². The van der Waals surface area contributed by atoms with Crippen molar-refractivity contribution >= 4 is 35.8 Å². The summed E-state index contributed by atoms with van der Waals surface area (Å²) < 4.78 is 5.86. The minimum atomic E-state index is -0.868. The highest BCUT2D eigenvalue weighted by atomic mass is 35.5. The van der Waals surface area contributed by atoms with Gasteiger partial charge in [0.15, 0.2) is 0 Å². The maximum atomic E-state index is 12.9. The Bertz CT molecular complexity index is 596. The first-order valence-electron chi connectivity index (χ1n) is 7.77. The largest absolute Gasteiger partial charge is 0.377 e. The fraction of sp³-hybridized carbons (Fsp3) is 0.588. The summed E-state index contributed by atoms with van der Waals surface area (Å²) >= 11 is 1.65. The molecular formula is C17H25ClN2O2S. The average Bonchev–Trinajstić information content (AvgIpc) is 2.54. The van der Waals surface area contributed by atoms with E-state index in [1.807, 2.05) is 44.4 Å². The number of halogens is 1. The number of ether oxygens (including phenoxy) is 1. The summed E-state index contributed by atoms with van der Waals surface area (Å²) in [6.07, 6.45) is 4.05. The second kappa shape index (κ2) is 6.63. The Hall–Kier alpha value is -0.750. The van der Waals surface area contributed by atoms with Crippen LogP contribution in [0.5, 0.6) is 0 Å². The molecule has 4 nitrogen and oxygen atoms in total. The van der Waals surface area contributed by atoms with E-state index in [4.69, 9.17) is 10.5 Å². The van der Waals surface area contributed by atoms with Gasteiger partial charge in [-0.05, 0) is 37.3 Å². The van der Waals surface area contributed by atoms with Crippen LogP contribution in [0.3, 0.4) is 0 Å². The molecule has 3 rings (SSSR count). The number of thioether (sulfide) groups is 1. The Balaban J connectivity index is 0.00000192. The zero-order valence-corrected chi connectivity index (χ0v) is 15.4. The third kappa shape index (κ3) is 2.78. The Morgan fingerprint density at radius 2 is 2.17 bits per heavy atom. The molecule has 1 aliphatic carbocycles. The summed E-state index contributed by atoms with van der Waals surface area (Å²) in [5.41, 5.74) is 6.19. The predicted octanol–water partition coefficient (Wildman–Crippen LogP) is 3.30. The molecule has 0 radical (unpaired) electrons. The first kappa shape index (κ1) is 18.6. The Morgan fingerprint density at radius 1 is 1.43 bits per heavy atom. The highest BCUT2D eigenvalue weighted by Crippen LogP contribution is 2.57. The Kier molecular flexibility index (Phi) is 5.36. The molecule has 1 aliphatic heterocycles. The number of hydrogen-bond donors (Lipinski definition) is 2. The Labute approximate surface area is 148 Å². The van der Waals surface area contributed by atoms with Crippen LogP contribution in [-0.4, -0.2) is 30.4 Å². The number of amides is 1. The van der Waals surface area contributed by atoms with Gasteiger partial charge in [0.05, 0.1) is 6.10 Å². The van der Waals surface area contributed by atoms with E-state index in [-0.39, 0.29) is 35.8 Å². The van der Waals surface area contributed by atoms with Gasteiger partial charge in [0, 0.05) is 28.5 Å². The zero-order chi connectivity index (χ0) is 16.0. The summed E-state index contributed by atoms with van der Waals surface area (Å²) in [5.74, 6) is 0.0162. The number of hydrogen-bond acceptors (Lipinski definition) is 4. The number of fused-ring (bicyclic) bond motifs is 1. The van der Waals surface area contributed by atoms with Gasteiger partial charge in [0.1, 0.15) is 5.54 Å². The van der Waals surface area contributed by atoms with E-state index in [0.717, 1.165) is 30.0 Å². The van der Waals surface area contributed by atoms with Gasteiger partial charge in [-0.3, -0.25) is 4.79 Å². The van der Waals surface area contributed by atoms with Gasteiger partial charge < -0.3 is 15.8 Å². The summed E-state index contributed by atoms with van der Waals surface area (Å²) in [7, 11) is 0. The summed E-state index contributed by atoms with van der Waals surface area (Å²) in [6.45, 7) is 4.85. The number of nitrogens with two attached hydrogens (primary N) is 1. The molecule has 0 spiro atoms. The first-order chi connectivity index (χ1) is 10.4. The van der Waals surface area contributed by atoms with Crippen molar-refractivity contribution in [2.45, 2.75) is 43.2 Å². The maximum Gasteiger partial charge on any atom is 0.245 e. The van der Waals surface area contributed by atoms with Crippen molar-refractivity contribution in [2.75, 3.05) is 18.2 Å². The number of nitrogens with one attached hydrogen (secondary N) is 1. The normalized spacial score (nSPS) is 31.3. The van der Waals surface area contributed by atoms with Crippen LogP contribution in [0.2, 0.25) is 0 Å². The van der Waals surface area contributed by atoms with E-state index in [1.165, 1.54) is 0 Å². The molecular weight excluding hydrogens is 332 g/mol.